The standard InChI is InChI=1S/C16H23N3O3S/c1-3-16(4-2,10-20)9-17-13(21)5-7-19-11-18-14-12(15(19)22)6-8-23-14/h6,8,11,20H,3-5,7,9-10H2,1-2H3,(H,17,21). The van der Waals surface area contributed by atoms with Crippen LogP contribution in [-0.2, 0) is 11.3 Å². The molecular weight excluding hydrogens is 314 g/mol. The molecule has 0 radical (unpaired) electrons. The van der Waals surface area contributed by atoms with E-state index >= 15 is 0 Å². The predicted molar refractivity (Wildman–Crippen MR) is 91.6 cm³/mol. The molecule has 0 aliphatic rings. The summed E-state index contributed by atoms with van der Waals surface area (Å²) in [7, 11) is 0. The Balaban J connectivity index is 1.93. The molecule has 0 fully saturated rings. The number of carbonyl (C=O) groups is 1. The van der Waals surface area contributed by atoms with E-state index in [-0.39, 0.29) is 29.9 Å². The molecule has 0 saturated carbocycles. The first-order chi connectivity index (χ1) is 11.0. The highest BCUT2D eigenvalue weighted by atomic mass is 32.1. The van der Waals surface area contributed by atoms with Crippen LogP contribution in [0.25, 0.3) is 10.2 Å². The molecule has 23 heavy (non-hydrogen) atoms. The maximum Gasteiger partial charge on any atom is 0.262 e. The van der Waals surface area contributed by atoms with Gasteiger partial charge in [-0.3, -0.25) is 14.2 Å². The van der Waals surface area contributed by atoms with Crippen LogP contribution in [0.15, 0.2) is 22.6 Å². The van der Waals surface area contributed by atoms with Crippen molar-refractivity contribution >= 4 is 27.5 Å². The Kier molecular flexibility index (Phi) is 5.90. The molecule has 2 rings (SSSR count). The zero-order valence-corrected chi connectivity index (χ0v) is 14.4. The predicted octanol–water partition coefficient (Wildman–Crippen LogP) is 1.76. The molecule has 1 amide bonds. The summed E-state index contributed by atoms with van der Waals surface area (Å²) >= 11 is 1.43. The smallest absolute Gasteiger partial charge is 0.262 e. The second kappa shape index (κ2) is 7.70. The van der Waals surface area contributed by atoms with Gasteiger partial charge in [-0.25, -0.2) is 4.98 Å². The third-order valence-corrected chi connectivity index (χ3v) is 5.35. The Morgan fingerprint density at radius 3 is 2.83 bits per heavy atom. The van der Waals surface area contributed by atoms with Crippen LogP contribution < -0.4 is 10.9 Å². The number of rotatable bonds is 8. The normalized spacial score (nSPS) is 11.8. The van der Waals surface area contributed by atoms with Gasteiger partial charge in [0.2, 0.25) is 5.91 Å². The third-order valence-electron chi connectivity index (χ3n) is 4.53. The summed E-state index contributed by atoms with van der Waals surface area (Å²) in [6.07, 6.45) is 3.31. The molecule has 6 nitrogen and oxygen atoms in total. The summed E-state index contributed by atoms with van der Waals surface area (Å²) in [6.45, 7) is 4.82. The minimum Gasteiger partial charge on any atom is -0.396 e. The van der Waals surface area contributed by atoms with Gasteiger partial charge >= 0.3 is 0 Å². The number of hydrogen-bond acceptors (Lipinski definition) is 5. The Labute approximate surface area is 139 Å². The SMILES string of the molecule is CCC(CC)(CO)CNC(=O)CCn1cnc2sccc2c1=O. The molecule has 0 aliphatic heterocycles. The molecule has 2 aromatic heterocycles. The number of nitrogens with zero attached hydrogens (tertiary/aromatic N) is 2. The van der Waals surface area contributed by atoms with Crippen molar-refractivity contribution in [3.63, 3.8) is 0 Å². The van der Waals surface area contributed by atoms with Crippen molar-refractivity contribution in [2.24, 2.45) is 5.41 Å². The van der Waals surface area contributed by atoms with Crippen molar-refractivity contribution in [1.29, 1.82) is 0 Å². The van der Waals surface area contributed by atoms with Gasteiger partial charge in [-0.1, -0.05) is 13.8 Å². The molecular formula is C16H23N3O3S. The van der Waals surface area contributed by atoms with Gasteiger partial charge in [-0.15, -0.1) is 11.3 Å². The van der Waals surface area contributed by atoms with E-state index in [2.05, 4.69) is 10.3 Å². The van der Waals surface area contributed by atoms with Gasteiger partial charge in [0.15, 0.2) is 0 Å². The summed E-state index contributed by atoms with van der Waals surface area (Å²) in [4.78, 5) is 29.2. The lowest BCUT2D eigenvalue weighted by Crippen LogP contribution is -2.39. The van der Waals surface area contributed by atoms with Crippen molar-refractivity contribution in [3.8, 4) is 0 Å². The minimum atomic E-state index is -0.260. The summed E-state index contributed by atoms with van der Waals surface area (Å²) in [5.74, 6) is -0.123. The molecule has 0 unspecified atom stereocenters. The Hall–Kier alpha value is -1.73. The largest absolute Gasteiger partial charge is 0.396 e. The van der Waals surface area contributed by atoms with E-state index in [0.717, 1.165) is 12.8 Å². The molecule has 0 spiro atoms. The monoisotopic (exact) mass is 337 g/mol. The van der Waals surface area contributed by atoms with Gasteiger partial charge in [0, 0.05) is 24.9 Å². The average Bonchev–Trinajstić information content (AvgIpc) is 3.05. The summed E-state index contributed by atoms with van der Waals surface area (Å²) < 4.78 is 1.47. The zero-order chi connectivity index (χ0) is 16.9. The molecule has 0 aromatic carbocycles. The number of aliphatic hydroxyl groups excluding tert-OH is 1. The first kappa shape index (κ1) is 17.6. The van der Waals surface area contributed by atoms with Gasteiger partial charge < -0.3 is 10.4 Å². The second-order valence-corrected chi connectivity index (χ2v) is 6.67. The summed E-state index contributed by atoms with van der Waals surface area (Å²) in [5, 5.41) is 14.8. The first-order valence-corrected chi connectivity index (χ1v) is 8.73. The number of hydrogen-bond donors (Lipinski definition) is 2. The number of thiophene rings is 1. The molecule has 2 heterocycles. The summed E-state index contributed by atoms with van der Waals surface area (Å²) in [6, 6.07) is 1.75. The fraction of sp³-hybridized carbons (Fsp3) is 0.562. The Morgan fingerprint density at radius 2 is 2.17 bits per heavy atom. The number of carbonyl (C=O) groups excluding carboxylic acids is 1. The van der Waals surface area contributed by atoms with Crippen molar-refractivity contribution in [2.75, 3.05) is 13.2 Å². The molecule has 0 saturated heterocycles. The van der Waals surface area contributed by atoms with Crippen LogP contribution in [0.1, 0.15) is 33.1 Å². The van der Waals surface area contributed by atoms with Crippen LogP contribution in [0, 0.1) is 5.41 Å². The minimum absolute atomic E-state index is 0.0540. The third kappa shape index (κ3) is 3.97. The fourth-order valence-corrected chi connectivity index (χ4v) is 3.15. The average molecular weight is 337 g/mol. The lowest BCUT2D eigenvalue weighted by Gasteiger charge is -2.29. The number of nitrogens with one attached hydrogen (secondary N) is 1. The molecule has 0 atom stereocenters. The molecule has 2 aromatic rings. The van der Waals surface area contributed by atoms with E-state index in [1.165, 1.54) is 22.2 Å². The second-order valence-electron chi connectivity index (χ2n) is 5.77. The van der Waals surface area contributed by atoms with Crippen LogP contribution in [0.5, 0.6) is 0 Å². The van der Waals surface area contributed by atoms with E-state index in [9.17, 15) is 14.7 Å². The van der Waals surface area contributed by atoms with Crippen molar-refractivity contribution < 1.29 is 9.90 Å². The van der Waals surface area contributed by atoms with Gasteiger partial charge in [0.1, 0.15) is 4.83 Å². The van der Waals surface area contributed by atoms with E-state index in [1.54, 1.807) is 6.07 Å². The maximum absolute atomic E-state index is 12.2. The Morgan fingerprint density at radius 1 is 1.43 bits per heavy atom. The highest BCUT2D eigenvalue weighted by molar-refractivity contribution is 7.16. The highest BCUT2D eigenvalue weighted by Gasteiger charge is 2.25. The molecule has 7 heteroatoms. The van der Waals surface area contributed by atoms with E-state index < -0.39 is 0 Å². The first-order valence-electron chi connectivity index (χ1n) is 7.85. The van der Waals surface area contributed by atoms with Crippen molar-refractivity contribution in [1.82, 2.24) is 14.9 Å². The van der Waals surface area contributed by atoms with Crippen molar-refractivity contribution in [3.05, 3.63) is 28.1 Å². The van der Waals surface area contributed by atoms with Crippen LogP contribution in [0.3, 0.4) is 0 Å². The molecule has 0 aliphatic carbocycles. The van der Waals surface area contributed by atoms with Crippen LogP contribution in [-0.4, -0.2) is 33.7 Å². The number of aromatic nitrogens is 2. The maximum atomic E-state index is 12.2. The quantitative estimate of drug-likeness (QED) is 0.769. The lowest BCUT2D eigenvalue weighted by atomic mass is 9.83. The molecule has 2 N–H and O–H groups in total. The van der Waals surface area contributed by atoms with E-state index in [0.29, 0.717) is 23.3 Å². The fourth-order valence-electron chi connectivity index (χ4n) is 2.43. The Bertz CT molecular complexity index is 710. The lowest BCUT2D eigenvalue weighted by molar-refractivity contribution is -0.122. The highest BCUT2D eigenvalue weighted by Crippen LogP contribution is 2.24. The van der Waals surface area contributed by atoms with E-state index in [1.807, 2.05) is 19.2 Å². The number of aryl methyl sites for hydroxylation is 1. The van der Waals surface area contributed by atoms with Gasteiger partial charge in [0.25, 0.3) is 5.56 Å². The number of aliphatic hydroxyl groups is 1. The van der Waals surface area contributed by atoms with Gasteiger partial charge in [-0.05, 0) is 24.3 Å². The molecule has 0 bridgehead atoms. The zero-order valence-electron chi connectivity index (χ0n) is 13.5. The van der Waals surface area contributed by atoms with Gasteiger partial charge in [-0.2, -0.15) is 0 Å². The van der Waals surface area contributed by atoms with Crippen LogP contribution in [0.4, 0.5) is 0 Å². The molecule has 126 valence electrons. The van der Waals surface area contributed by atoms with Crippen LogP contribution in [0.2, 0.25) is 0 Å². The topological polar surface area (TPSA) is 84.2 Å². The van der Waals surface area contributed by atoms with Crippen molar-refractivity contribution in [2.45, 2.75) is 39.7 Å². The summed E-state index contributed by atoms with van der Waals surface area (Å²) in [5.41, 5.74) is -0.375. The van der Waals surface area contributed by atoms with Gasteiger partial charge in [0.05, 0.1) is 18.3 Å². The number of amides is 1. The van der Waals surface area contributed by atoms with E-state index in [4.69, 9.17) is 0 Å². The van der Waals surface area contributed by atoms with Crippen LogP contribution >= 0.6 is 11.3 Å². The number of fused-ring (bicyclic) bond motifs is 1.